The van der Waals surface area contributed by atoms with Crippen LogP contribution < -0.4 is 9.64 Å². The Labute approximate surface area is 192 Å². The molecule has 168 valence electrons. The second kappa shape index (κ2) is 7.44. The van der Waals surface area contributed by atoms with Crippen molar-refractivity contribution in [3.63, 3.8) is 0 Å². The second-order valence-corrected chi connectivity index (χ2v) is 9.61. The zero-order valence-corrected chi connectivity index (χ0v) is 19.1. The summed E-state index contributed by atoms with van der Waals surface area (Å²) in [6.07, 6.45) is 2.10. The summed E-state index contributed by atoms with van der Waals surface area (Å²) in [5.41, 5.74) is 4.24. The molecule has 0 saturated heterocycles. The summed E-state index contributed by atoms with van der Waals surface area (Å²) in [5.74, 6) is -0.0195. The number of rotatable bonds is 2. The molecule has 2 aromatic rings. The van der Waals surface area contributed by atoms with Crippen molar-refractivity contribution in [3.05, 3.63) is 82.1 Å². The van der Waals surface area contributed by atoms with Crippen LogP contribution in [0.2, 0.25) is 0 Å². The number of ether oxygens (including phenoxy) is 2. The third-order valence-electron chi connectivity index (χ3n) is 6.43. The molecule has 0 saturated carbocycles. The van der Waals surface area contributed by atoms with Gasteiger partial charge in [-0.2, -0.15) is 0 Å². The van der Waals surface area contributed by atoms with Gasteiger partial charge < -0.3 is 14.4 Å². The molecule has 6 heteroatoms. The fourth-order valence-corrected chi connectivity index (χ4v) is 4.85. The van der Waals surface area contributed by atoms with Crippen LogP contribution in [0.1, 0.15) is 53.0 Å². The van der Waals surface area contributed by atoms with E-state index in [1.165, 1.54) is 7.11 Å². The van der Waals surface area contributed by atoms with Crippen LogP contribution in [0.15, 0.2) is 65.4 Å². The van der Waals surface area contributed by atoms with Crippen LogP contribution in [-0.2, 0) is 9.53 Å². The highest BCUT2D eigenvalue weighted by Crippen LogP contribution is 2.46. The lowest BCUT2D eigenvalue weighted by molar-refractivity contribution is -0.117. The maximum absolute atomic E-state index is 13.5. The molecule has 2 heterocycles. The highest BCUT2D eigenvalue weighted by atomic mass is 16.5. The molecule has 1 aliphatic carbocycles. The molecule has 0 N–H and O–H groups in total. The SMILES string of the molecule is COC(=O)c1ccc(N2C3=C(C=C4C(=O)c5cc(C)ccc5OC42)C(=O)CC(C)(C)C3)cc1. The number of ketones is 2. The first-order valence-corrected chi connectivity index (χ1v) is 11.0. The summed E-state index contributed by atoms with van der Waals surface area (Å²) in [5, 5.41) is 0. The number of fused-ring (bicyclic) bond motifs is 2. The average molecular weight is 443 g/mol. The zero-order valence-electron chi connectivity index (χ0n) is 19.1. The largest absolute Gasteiger partial charge is 0.465 e. The molecule has 0 amide bonds. The third kappa shape index (κ3) is 3.46. The molecular weight excluding hydrogens is 418 g/mol. The quantitative estimate of drug-likeness (QED) is 0.623. The minimum absolute atomic E-state index is 0.0196. The van der Waals surface area contributed by atoms with Crippen molar-refractivity contribution in [2.24, 2.45) is 5.41 Å². The Morgan fingerprint density at radius 1 is 1.09 bits per heavy atom. The van der Waals surface area contributed by atoms with E-state index in [0.29, 0.717) is 40.9 Å². The van der Waals surface area contributed by atoms with Crippen LogP contribution in [0, 0.1) is 12.3 Å². The Hall–Kier alpha value is -3.67. The maximum atomic E-state index is 13.5. The molecule has 0 fully saturated rings. The summed E-state index contributed by atoms with van der Waals surface area (Å²) in [6.45, 7) is 6.06. The van der Waals surface area contributed by atoms with Gasteiger partial charge in [-0.15, -0.1) is 0 Å². The number of allylic oxidation sites excluding steroid dienone is 3. The van der Waals surface area contributed by atoms with E-state index in [2.05, 4.69) is 13.8 Å². The summed E-state index contributed by atoms with van der Waals surface area (Å²) in [7, 11) is 1.34. The third-order valence-corrected chi connectivity index (χ3v) is 6.43. The van der Waals surface area contributed by atoms with Gasteiger partial charge in [0, 0.05) is 23.4 Å². The number of carbonyl (C=O) groups is 3. The van der Waals surface area contributed by atoms with E-state index in [1.54, 1.807) is 30.3 Å². The van der Waals surface area contributed by atoms with Gasteiger partial charge in [0.05, 0.1) is 23.8 Å². The summed E-state index contributed by atoms with van der Waals surface area (Å²) < 4.78 is 11.2. The number of hydrogen-bond donors (Lipinski definition) is 0. The predicted octanol–water partition coefficient (Wildman–Crippen LogP) is 4.77. The molecule has 0 radical (unpaired) electrons. The predicted molar refractivity (Wildman–Crippen MR) is 123 cm³/mol. The van der Waals surface area contributed by atoms with E-state index in [4.69, 9.17) is 9.47 Å². The van der Waals surface area contributed by atoms with Crippen LogP contribution in [0.4, 0.5) is 5.69 Å². The van der Waals surface area contributed by atoms with E-state index in [0.717, 1.165) is 16.9 Å². The molecule has 2 aliphatic heterocycles. The number of esters is 1. The van der Waals surface area contributed by atoms with Gasteiger partial charge in [-0.25, -0.2) is 4.79 Å². The second-order valence-electron chi connectivity index (χ2n) is 9.61. The normalized spacial score (nSPS) is 20.9. The van der Waals surface area contributed by atoms with Crippen molar-refractivity contribution in [2.45, 2.75) is 39.8 Å². The number of carbonyl (C=O) groups excluding carboxylic acids is 3. The Morgan fingerprint density at radius 3 is 2.52 bits per heavy atom. The van der Waals surface area contributed by atoms with Gasteiger partial charge in [-0.1, -0.05) is 25.5 Å². The molecule has 1 unspecified atom stereocenters. The van der Waals surface area contributed by atoms with Gasteiger partial charge in [0.1, 0.15) is 5.75 Å². The van der Waals surface area contributed by atoms with Crippen molar-refractivity contribution in [3.8, 4) is 5.75 Å². The smallest absolute Gasteiger partial charge is 0.337 e. The van der Waals surface area contributed by atoms with Crippen LogP contribution in [0.5, 0.6) is 5.75 Å². The Morgan fingerprint density at radius 2 is 1.82 bits per heavy atom. The highest BCUT2D eigenvalue weighted by Gasteiger charge is 2.45. The fraction of sp³-hybridized carbons (Fsp3) is 0.296. The van der Waals surface area contributed by atoms with Crippen molar-refractivity contribution < 1.29 is 23.9 Å². The highest BCUT2D eigenvalue weighted by molar-refractivity contribution is 6.15. The first-order chi connectivity index (χ1) is 15.7. The number of Topliss-reactive ketones (excluding diaryl/α,β-unsaturated/α-hetero) is 2. The van der Waals surface area contributed by atoms with Crippen molar-refractivity contribution in [2.75, 3.05) is 12.0 Å². The Bertz CT molecular complexity index is 1270. The van der Waals surface area contributed by atoms with Gasteiger partial charge in [0.15, 0.2) is 11.6 Å². The minimum Gasteiger partial charge on any atom is -0.465 e. The van der Waals surface area contributed by atoms with Crippen molar-refractivity contribution in [1.29, 1.82) is 0 Å². The van der Waals surface area contributed by atoms with Gasteiger partial charge in [-0.05, 0) is 61.2 Å². The minimum atomic E-state index is -0.697. The lowest BCUT2D eigenvalue weighted by atomic mass is 9.73. The first-order valence-electron chi connectivity index (χ1n) is 11.0. The lowest BCUT2D eigenvalue weighted by Crippen LogP contribution is -2.49. The van der Waals surface area contributed by atoms with E-state index < -0.39 is 12.2 Å². The standard InChI is InChI=1S/C27H25NO5/c1-15-5-10-23-19(11-15)24(30)20-12-18-21(13-27(2,3)14-22(18)29)28(25(20)33-23)17-8-6-16(7-9-17)26(31)32-4/h5-12,25H,13-14H2,1-4H3. The molecule has 5 rings (SSSR count). The van der Waals surface area contributed by atoms with Gasteiger partial charge >= 0.3 is 5.97 Å². The number of hydrogen-bond acceptors (Lipinski definition) is 6. The average Bonchev–Trinajstić information content (AvgIpc) is 2.78. The summed E-state index contributed by atoms with van der Waals surface area (Å²) in [6, 6.07) is 12.5. The van der Waals surface area contributed by atoms with Gasteiger partial charge in [0.2, 0.25) is 6.23 Å². The van der Waals surface area contributed by atoms with Crippen LogP contribution in [-0.4, -0.2) is 30.9 Å². The van der Waals surface area contributed by atoms with Gasteiger partial charge in [-0.3, -0.25) is 9.59 Å². The molecule has 3 aliphatic rings. The van der Waals surface area contributed by atoms with E-state index in [9.17, 15) is 14.4 Å². The molecule has 6 nitrogen and oxygen atoms in total. The molecular formula is C27H25NO5. The van der Waals surface area contributed by atoms with Crippen molar-refractivity contribution in [1.82, 2.24) is 0 Å². The molecule has 0 bridgehead atoms. The molecule has 33 heavy (non-hydrogen) atoms. The first kappa shape index (κ1) is 21.2. The molecule has 0 spiro atoms. The molecule has 0 aromatic heterocycles. The van der Waals surface area contributed by atoms with Crippen molar-refractivity contribution >= 4 is 23.2 Å². The van der Waals surface area contributed by atoms with E-state index >= 15 is 0 Å². The van der Waals surface area contributed by atoms with E-state index in [-0.39, 0.29) is 17.0 Å². The fourth-order valence-electron chi connectivity index (χ4n) is 4.85. The van der Waals surface area contributed by atoms with E-state index in [1.807, 2.05) is 30.0 Å². The number of nitrogens with zero attached hydrogens (tertiary/aromatic N) is 1. The van der Waals surface area contributed by atoms with Crippen LogP contribution in [0.3, 0.4) is 0 Å². The van der Waals surface area contributed by atoms with Crippen LogP contribution in [0.25, 0.3) is 0 Å². The Kier molecular flexibility index (Phi) is 4.78. The molecule has 2 aromatic carbocycles. The van der Waals surface area contributed by atoms with Gasteiger partial charge in [0.25, 0.3) is 0 Å². The number of aryl methyl sites for hydroxylation is 1. The number of methoxy groups -OCH3 is 1. The lowest BCUT2D eigenvalue weighted by Gasteiger charge is -2.45. The molecule has 1 atom stereocenters. The monoisotopic (exact) mass is 443 g/mol. The van der Waals surface area contributed by atoms with Crippen LogP contribution >= 0.6 is 0 Å². The zero-order chi connectivity index (χ0) is 23.5. The summed E-state index contributed by atoms with van der Waals surface area (Å²) >= 11 is 0. The number of benzene rings is 2. The Balaban J connectivity index is 1.68. The topological polar surface area (TPSA) is 72.9 Å². The number of anilines is 1. The summed E-state index contributed by atoms with van der Waals surface area (Å²) in [4.78, 5) is 40.5. The maximum Gasteiger partial charge on any atom is 0.337 e.